The van der Waals surface area contributed by atoms with Gasteiger partial charge in [-0.25, -0.2) is 9.59 Å². The number of carboxylic acids is 1. The Balaban J connectivity index is -0.000000372. The molecule has 2 N–H and O–H groups in total. The fourth-order valence-corrected chi connectivity index (χ4v) is 1.81. The van der Waals surface area contributed by atoms with E-state index in [1.807, 2.05) is 12.1 Å². The van der Waals surface area contributed by atoms with Crippen LogP contribution in [0.2, 0.25) is 0 Å². The SMILES string of the molecule is C=C(C)C(=O)O.C=C(C)C(=O)OCCO.C=CC(c1ccccc1)[N+](C)(C)C.[Cl-]. The number of quaternary nitrogens is 1. The predicted molar refractivity (Wildman–Crippen MR) is 113 cm³/mol. The molecule has 0 spiro atoms. The van der Waals surface area contributed by atoms with Gasteiger partial charge in [-0.2, -0.15) is 0 Å². The van der Waals surface area contributed by atoms with Crippen LogP contribution in [0.25, 0.3) is 0 Å². The summed E-state index contributed by atoms with van der Waals surface area (Å²) in [7, 11) is 6.54. The zero-order valence-electron chi connectivity index (χ0n) is 18.0. The van der Waals surface area contributed by atoms with Crippen molar-refractivity contribution in [3.8, 4) is 0 Å². The van der Waals surface area contributed by atoms with Crippen molar-refractivity contribution < 1.29 is 41.4 Å². The number of halogens is 1. The minimum Gasteiger partial charge on any atom is -1.00 e. The van der Waals surface area contributed by atoms with E-state index in [1.165, 1.54) is 12.5 Å². The Kier molecular flexibility index (Phi) is 17.8. The molecule has 0 radical (unpaired) electrons. The van der Waals surface area contributed by atoms with Crippen molar-refractivity contribution in [2.24, 2.45) is 0 Å². The molecule has 0 heterocycles. The molecular weight excluding hydrogens is 394 g/mol. The van der Waals surface area contributed by atoms with Gasteiger partial charge >= 0.3 is 11.9 Å². The number of hydrogen-bond acceptors (Lipinski definition) is 4. The van der Waals surface area contributed by atoms with Crippen LogP contribution in [-0.2, 0) is 14.3 Å². The third-order valence-electron chi connectivity index (χ3n) is 3.24. The normalized spacial score (nSPS) is 10.4. The lowest BCUT2D eigenvalue weighted by Crippen LogP contribution is -3.00. The Morgan fingerprint density at radius 3 is 1.83 bits per heavy atom. The van der Waals surface area contributed by atoms with Gasteiger partial charge in [0.25, 0.3) is 0 Å². The van der Waals surface area contributed by atoms with Gasteiger partial charge in [0.1, 0.15) is 12.6 Å². The second-order valence-electron chi connectivity index (χ2n) is 6.93. The number of carboxylic acid groups (broad SMARTS) is 1. The van der Waals surface area contributed by atoms with Crippen LogP contribution in [0.4, 0.5) is 0 Å². The van der Waals surface area contributed by atoms with E-state index in [2.05, 4.69) is 69.9 Å². The van der Waals surface area contributed by atoms with Crippen molar-refractivity contribution in [1.82, 2.24) is 0 Å². The predicted octanol–water partition coefficient (Wildman–Crippen LogP) is 0.369. The second-order valence-corrected chi connectivity index (χ2v) is 6.93. The third-order valence-corrected chi connectivity index (χ3v) is 3.24. The first-order valence-corrected chi connectivity index (χ1v) is 8.69. The molecule has 1 aromatic rings. The van der Waals surface area contributed by atoms with Crippen LogP contribution in [0, 0.1) is 0 Å². The fraction of sp³-hybridized carbons (Fsp3) is 0.364. The summed E-state index contributed by atoms with van der Waals surface area (Å²) in [6.45, 7) is 13.3. The van der Waals surface area contributed by atoms with Gasteiger partial charge < -0.3 is 31.8 Å². The summed E-state index contributed by atoms with van der Waals surface area (Å²) in [4.78, 5) is 20.1. The molecular formula is C22H34ClNO5. The minimum atomic E-state index is -0.935. The van der Waals surface area contributed by atoms with Gasteiger partial charge in [0.15, 0.2) is 0 Å². The lowest BCUT2D eigenvalue weighted by atomic mass is 10.1. The van der Waals surface area contributed by atoms with E-state index in [9.17, 15) is 9.59 Å². The molecule has 29 heavy (non-hydrogen) atoms. The zero-order chi connectivity index (χ0) is 22.3. The number of rotatable bonds is 7. The molecule has 0 aromatic heterocycles. The smallest absolute Gasteiger partial charge is 0.333 e. The molecule has 0 amide bonds. The topological polar surface area (TPSA) is 83.8 Å². The molecule has 0 bridgehead atoms. The van der Waals surface area contributed by atoms with Crippen LogP contribution in [0.5, 0.6) is 0 Å². The van der Waals surface area contributed by atoms with E-state index in [0.29, 0.717) is 11.6 Å². The molecule has 1 atom stereocenters. The summed E-state index contributed by atoms with van der Waals surface area (Å²) >= 11 is 0. The highest BCUT2D eigenvalue weighted by Gasteiger charge is 2.21. The van der Waals surface area contributed by atoms with Crippen LogP contribution >= 0.6 is 0 Å². The lowest BCUT2D eigenvalue weighted by Gasteiger charge is -2.32. The molecule has 6 nitrogen and oxygen atoms in total. The fourth-order valence-electron chi connectivity index (χ4n) is 1.81. The average Bonchev–Trinajstić information content (AvgIpc) is 2.60. The van der Waals surface area contributed by atoms with Gasteiger partial charge in [0, 0.05) is 16.7 Å². The standard InChI is InChI=1S/C12H18N.C6H10O3.C4H6O2.ClH/c1-5-12(13(2,3)4)11-9-7-6-8-10-11;1-5(2)6(8)9-4-3-7;1-3(2)4(5)6;/h5-10,12H,1H2,2-4H3;7H,1,3-4H2,2H3;1H2,2H3,(H,5,6);1H/q+1;;;/p-1. The van der Waals surface area contributed by atoms with E-state index in [0.717, 1.165) is 4.48 Å². The summed E-state index contributed by atoms with van der Waals surface area (Å²) in [6.07, 6.45) is 2.01. The van der Waals surface area contributed by atoms with Gasteiger partial charge in [-0.1, -0.05) is 50.1 Å². The molecule has 0 fully saturated rings. The number of esters is 1. The average molecular weight is 428 g/mol. The number of aliphatic carboxylic acids is 1. The Morgan fingerprint density at radius 1 is 1.10 bits per heavy atom. The Morgan fingerprint density at radius 2 is 1.55 bits per heavy atom. The molecule has 0 aliphatic rings. The van der Waals surface area contributed by atoms with Crippen molar-refractivity contribution >= 4 is 11.9 Å². The maximum atomic E-state index is 10.5. The quantitative estimate of drug-likeness (QED) is 0.284. The van der Waals surface area contributed by atoms with Crippen molar-refractivity contribution in [1.29, 1.82) is 0 Å². The van der Waals surface area contributed by atoms with Gasteiger partial charge in [-0.3, -0.25) is 0 Å². The van der Waals surface area contributed by atoms with Crippen LogP contribution in [0.15, 0.2) is 67.3 Å². The zero-order valence-corrected chi connectivity index (χ0v) is 18.8. The third kappa shape index (κ3) is 16.3. The molecule has 0 saturated carbocycles. The first-order chi connectivity index (χ1) is 12.9. The number of aliphatic hydroxyl groups excluding tert-OH is 1. The molecule has 0 aliphatic heterocycles. The molecule has 7 heteroatoms. The largest absolute Gasteiger partial charge is 1.00 e. The minimum absolute atomic E-state index is 0. The molecule has 1 aromatic carbocycles. The van der Waals surface area contributed by atoms with Crippen molar-refractivity contribution in [2.45, 2.75) is 19.9 Å². The van der Waals surface area contributed by atoms with Crippen molar-refractivity contribution in [3.05, 3.63) is 72.9 Å². The van der Waals surface area contributed by atoms with Crippen LogP contribution < -0.4 is 12.4 Å². The van der Waals surface area contributed by atoms with Gasteiger partial charge in [-0.05, 0) is 19.9 Å². The molecule has 1 rings (SSSR count). The van der Waals surface area contributed by atoms with E-state index < -0.39 is 11.9 Å². The Labute approximate surface area is 180 Å². The van der Waals surface area contributed by atoms with E-state index in [-0.39, 0.29) is 31.2 Å². The number of carbonyl (C=O) groups excluding carboxylic acids is 1. The number of ether oxygens (including phenoxy) is 1. The Bertz CT molecular complexity index is 639. The highest BCUT2D eigenvalue weighted by Crippen LogP contribution is 2.23. The summed E-state index contributed by atoms with van der Waals surface area (Å²) in [5.74, 6) is -1.39. The monoisotopic (exact) mass is 427 g/mol. The number of hydrogen-bond donors (Lipinski definition) is 2. The highest BCUT2D eigenvalue weighted by molar-refractivity contribution is 5.86. The summed E-state index contributed by atoms with van der Waals surface area (Å²) in [6, 6.07) is 10.9. The van der Waals surface area contributed by atoms with Gasteiger partial charge in [0.05, 0.1) is 27.7 Å². The van der Waals surface area contributed by atoms with Gasteiger partial charge in [-0.15, -0.1) is 0 Å². The van der Waals surface area contributed by atoms with E-state index >= 15 is 0 Å². The number of aliphatic hydroxyl groups is 1. The van der Waals surface area contributed by atoms with Crippen LogP contribution in [-0.4, -0.2) is 61.0 Å². The Hall–Kier alpha value is -2.41. The lowest BCUT2D eigenvalue weighted by molar-refractivity contribution is -0.895. The summed E-state index contributed by atoms with van der Waals surface area (Å²) in [5.41, 5.74) is 1.85. The number of benzene rings is 1. The number of likely N-dealkylation sites (N-methyl/N-ethyl adjacent to an activating group) is 1. The van der Waals surface area contributed by atoms with E-state index in [4.69, 9.17) is 10.2 Å². The van der Waals surface area contributed by atoms with Gasteiger partial charge in [0.2, 0.25) is 0 Å². The molecule has 0 saturated heterocycles. The molecule has 0 aliphatic carbocycles. The maximum Gasteiger partial charge on any atom is 0.333 e. The number of nitrogens with zero attached hydrogens (tertiary/aromatic N) is 1. The number of carbonyl (C=O) groups is 2. The molecule has 164 valence electrons. The maximum absolute atomic E-state index is 10.5. The van der Waals surface area contributed by atoms with Crippen LogP contribution in [0.1, 0.15) is 25.5 Å². The van der Waals surface area contributed by atoms with Crippen molar-refractivity contribution in [3.63, 3.8) is 0 Å². The van der Waals surface area contributed by atoms with E-state index in [1.54, 1.807) is 6.92 Å². The summed E-state index contributed by atoms with van der Waals surface area (Å²) < 4.78 is 5.35. The molecule has 1 unspecified atom stereocenters. The van der Waals surface area contributed by atoms with Crippen molar-refractivity contribution in [2.75, 3.05) is 34.4 Å². The first kappa shape index (κ1) is 31.3. The first-order valence-electron chi connectivity index (χ1n) is 8.69. The highest BCUT2D eigenvalue weighted by atomic mass is 35.5. The second kappa shape index (κ2) is 16.5. The summed E-state index contributed by atoms with van der Waals surface area (Å²) in [5, 5.41) is 16.1. The van der Waals surface area contributed by atoms with Crippen LogP contribution in [0.3, 0.4) is 0 Å².